The molecule has 0 bridgehead atoms. The molecule has 0 N–H and O–H groups in total. The highest BCUT2D eigenvalue weighted by Gasteiger charge is 2.18. The van der Waals surface area contributed by atoms with Gasteiger partial charge in [-0.2, -0.15) is 0 Å². The number of hydrogen-bond donors (Lipinski definition) is 0. The number of benzene rings is 1. The summed E-state index contributed by atoms with van der Waals surface area (Å²) in [5, 5.41) is 0. The highest BCUT2D eigenvalue weighted by atomic mass is 16.7. The van der Waals surface area contributed by atoms with Crippen LogP contribution in [0.4, 0.5) is 0 Å². The van der Waals surface area contributed by atoms with Gasteiger partial charge in [-0.3, -0.25) is 0 Å². The Balaban J connectivity index is 3.22. The van der Waals surface area contributed by atoms with Crippen molar-refractivity contribution >= 4 is 18.0 Å². The van der Waals surface area contributed by atoms with Crippen LogP contribution in [-0.4, -0.2) is 46.4 Å². The number of aryl methyl sites for hydroxylation is 1. The van der Waals surface area contributed by atoms with Gasteiger partial charge >= 0.3 is 11.9 Å². The summed E-state index contributed by atoms with van der Waals surface area (Å²) in [6.07, 6.45) is 2.78. The molecule has 0 aliphatic rings. The van der Waals surface area contributed by atoms with Crippen LogP contribution in [-0.2, 0) is 23.7 Å². The van der Waals surface area contributed by atoms with Gasteiger partial charge in [0, 0.05) is 25.9 Å². The summed E-state index contributed by atoms with van der Waals surface area (Å²) < 4.78 is 25.0. The Bertz CT molecular complexity index is 593. The molecular formula is C17H22O7. The molecule has 0 aromatic heterocycles. The van der Waals surface area contributed by atoms with Gasteiger partial charge < -0.3 is 23.7 Å². The van der Waals surface area contributed by atoms with Crippen LogP contribution in [0.15, 0.2) is 18.2 Å². The lowest BCUT2D eigenvalue weighted by atomic mass is 10.0. The first-order valence-electron chi connectivity index (χ1n) is 7.30. The fourth-order valence-electron chi connectivity index (χ4n) is 1.89. The van der Waals surface area contributed by atoms with E-state index in [-0.39, 0.29) is 31.5 Å². The SMILES string of the molecule is CCOC(=O)C=Cc1cc(C)cc(C(=O)OCOC)c1OCOC. The number of hydrogen-bond acceptors (Lipinski definition) is 7. The van der Waals surface area contributed by atoms with Crippen molar-refractivity contribution in [3.8, 4) is 5.75 Å². The molecule has 0 atom stereocenters. The summed E-state index contributed by atoms with van der Waals surface area (Å²) in [4.78, 5) is 23.7. The Morgan fingerprint density at radius 3 is 2.42 bits per heavy atom. The minimum atomic E-state index is -0.600. The molecule has 132 valence electrons. The standard InChI is InChI=1S/C17H22O7/c1-5-22-15(18)7-6-13-8-12(2)9-14(16(13)23-10-20-3)17(19)24-11-21-4/h6-9H,5,10-11H2,1-4H3. The summed E-state index contributed by atoms with van der Waals surface area (Å²) in [5.41, 5.74) is 1.55. The largest absolute Gasteiger partial charge is 0.466 e. The molecule has 0 aliphatic heterocycles. The van der Waals surface area contributed by atoms with Crippen LogP contribution in [0.1, 0.15) is 28.4 Å². The number of esters is 2. The van der Waals surface area contributed by atoms with E-state index in [0.29, 0.717) is 5.56 Å². The molecule has 24 heavy (non-hydrogen) atoms. The molecule has 1 rings (SSSR count). The molecule has 1 aromatic rings. The van der Waals surface area contributed by atoms with Crippen LogP contribution in [0.3, 0.4) is 0 Å². The van der Waals surface area contributed by atoms with E-state index in [2.05, 4.69) is 0 Å². The predicted molar refractivity (Wildman–Crippen MR) is 86.6 cm³/mol. The van der Waals surface area contributed by atoms with Gasteiger partial charge in [-0.25, -0.2) is 9.59 Å². The maximum atomic E-state index is 12.2. The van der Waals surface area contributed by atoms with Crippen molar-refractivity contribution < 1.29 is 33.3 Å². The minimum absolute atomic E-state index is 0.0616. The lowest BCUT2D eigenvalue weighted by molar-refractivity contribution is -0.137. The van der Waals surface area contributed by atoms with Crippen molar-refractivity contribution in [2.75, 3.05) is 34.4 Å². The smallest absolute Gasteiger partial charge is 0.344 e. The maximum absolute atomic E-state index is 12.2. The first kappa shape index (κ1) is 19.7. The second-order valence-corrected chi connectivity index (χ2v) is 4.71. The lowest BCUT2D eigenvalue weighted by Gasteiger charge is -2.14. The number of rotatable bonds is 9. The fraction of sp³-hybridized carbons (Fsp3) is 0.412. The van der Waals surface area contributed by atoms with Gasteiger partial charge in [-0.15, -0.1) is 0 Å². The number of methoxy groups -OCH3 is 2. The average molecular weight is 338 g/mol. The van der Waals surface area contributed by atoms with E-state index in [0.717, 1.165) is 5.56 Å². The first-order chi connectivity index (χ1) is 11.5. The van der Waals surface area contributed by atoms with Crippen LogP contribution in [0.2, 0.25) is 0 Å². The average Bonchev–Trinajstić information content (AvgIpc) is 2.56. The van der Waals surface area contributed by atoms with Gasteiger partial charge in [0.25, 0.3) is 0 Å². The van der Waals surface area contributed by atoms with Gasteiger partial charge in [0.1, 0.15) is 11.3 Å². The van der Waals surface area contributed by atoms with Crippen LogP contribution in [0.25, 0.3) is 6.08 Å². The van der Waals surface area contributed by atoms with Crippen molar-refractivity contribution in [1.29, 1.82) is 0 Å². The van der Waals surface area contributed by atoms with Crippen LogP contribution >= 0.6 is 0 Å². The van der Waals surface area contributed by atoms with Gasteiger partial charge in [-0.1, -0.05) is 0 Å². The van der Waals surface area contributed by atoms with Crippen molar-refractivity contribution in [3.05, 3.63) is 34.9 Å². The Morgan fingerprint density at radius 1 is 1.08 bits per heavy atom. The van der Waals surface area contributed by atoms with E-state index in [1.165, 1.54) is 26.4 Å². The molecule has 0 unspecified atom stereocenters. The normalized spacial score (nSPS) is 10.7. The van der Waals surface area contributed by atoms with Crippen molar-refractivity contribution in [2.45, 2.75) is 13.8 Å². The van der Waals surface area contributed by atoms with E-state index >= 15 is 0 Å². The number of carbonyl (C=O) groups excluding carboxylic acids is 2. The maximum Gasteiger partial charge on any atom is 0.344 e. The molecule has 0 heterocycles. The second kappa shape index (κ2) is 10.4. The van der Waals surface area contributed by atoms with Gasteiger partial charge in [0.05, 0.1) is 6.61 Å². The molecule has 0 radical (unpaired) electrons. The summed E-state index contributed by atoms with van der Waals surface area (Å²) in [5.74, 6) is -0.832. The van der Waals surface area contributed by atoms with E-state index in [4.69, 9.17) is 23.7 Å². The molecule has 0 spiro atoms. The van der Waals surface area contributed by atoms with Crippen molar-refractivity contribution in [2.24, 2.45) is 0 Å². The Kier molecular flexibility index (Phi) is 8.53. The van der Waals surface area contributed by atoms with Crippen LogP contribution in [0, 0.1) is 6.92 Å². The third-order valence-electron chi connectivity index (χ3n) is 2.80. The van der Waals surface area contributed by atoms with Gasteiger partial charge in [-0.05, 0) is 37.6 Å². The monoisotopic (exact) mass is 338 g/mol. The molecule has 1 aromatic carbocycles. The van der Waals surface area contributed by atoms with E-state index in [1.54, 1.807) is 19.1 Å². The molecule has 7 nitrogen and oxygen atoms in total. The predicted octanol–water partition coefficient (Wildman–Crippen LogP) is 2.31. The summed E-state index contributed by atoms with van der Waals surface area (Å²) in [6, 6.07) is 3.40. The molecule has 0 amide bonds. The third-order valence-corrected chi connectivity index (χ3v) is 2.80. The zero-order valence-corrected chi connectivity index (χ0v) is 14.3. The lowest BCUT2D eigenvalue weighted by Crippen LogP contribution is -2.12. The second-order valence-electron chi connectivity index (χ2n) is 4.71. The number of ether oxygens (including phenoxy) is 5. The van der Waals surface area contributed by atoms with Crippen LogP contribution in [0.5, 0.6) is 5.75 Å². The van der Waals surface area contributed by atoms with E-state index < -0.39 is 11.9 Å². The van der Waals surface area contributed by atoms with Crippen LogP contribution < -0.4 is 4.74 Å². The summed E-state index contributed by atoms with van der Waals surface area (Å²) >= 11 is 0. The molecule has 0 aliphatic carbocycles. The highest BCUT2D eigenvalue weighted by Crippen LogP contribution is 2.28. The molecule has 0 saturated heterocycles. The Morgan fingerprint density at radius 2 is 1.79 bits per heavy atom. The topological polar surface area (TPSA) is 80.3 Å². The van der Waals surface area contributed by atoms with Gasteiger partial charge in [0.2, 0.25) is 0 Å². The Labute approximate surface area is 141 Å². The van der Waals surface area contributed by atoms with E-state index in [1.807, 2.05) is 6.92 Å². The highest BCUT2D eigenvalue weighted by molar-refractivity contribution is 5.95. The van der Waals surface area contributed by atoms with Crippen molar-refractivity contribution in [3.63, 3.8) is 0 Å². The zero-order valence-electron chi connectivity index (χ0n) is 14.3. The molecular weight excluding hydrogens is 316 g/mol. The zero-order chi connectivity index (χ0) is 17.9. The summed E-state index contributed by atoms with van der Waals surface area (Å²) in [7, 11) is 2.88. The minimum Gasteiger partial charge on any atom is -0.466 e. The van der Waals surface area contributed by atoms with E-state index in [9.17, 15) is 9.59 Å². The summed E-state index contributed by atoms with van der Waals surface area (Å²) in [6.45, 7) is 3.57. The molecule has 0 saturated carbocycles. The first-order valence-corrected chi connectivity index (χ1v) is 7.30. The quantitative estimate of drug-likeness (QED) is 0.388. The number of carbonyl (C=O) groups is 2. The fourth-order valence-corrected chi connectivity index (χ4v) is 1.89. The molecule has 7 heteroatoms. The third kappa shape index (κ3) is 6.02. The Hall–Kier alpha value is -2.38. The van der Waals surface area contributed by atoms with Gasteiger partial charge in [0.15, 0.2) is 13.6 Å². The molecule has 0 fully saturated rings. The van der Waals surface area contributed by atoms with Crippen molar-refractivity contribution in [1.82, 2.24) is 0 Å².